The second-order valence-corrected chi connectivity index (χ2v) is 9.58. The van der Waals surface area contributed by atoms with Crippen LogP contribution in [0.4, 0.5) is 5.95 Å². The maximum absolute atomic E-state index is 13.2. The van der Waals surface area contributed by atoms with Crippen molar-refractivity contribution in [3.63, 3.8) is 0 Å². The molecule has 1 aliphatic heterocycles. The number of hydrogen-bond donors (Lipinski definition) is 1. The van der Waals surface area contributed by atoms with Crippen molar-refractivity contribution in [1.82, 2.24) is 14.1 Å². The molecule has 1 atom stereocenters. The third kappa shape index (κ3) is 5.74. The lowest BCUT2D eigenvalue weighted by Gasteiger charge is -2.27. The van der Waals surface area contributed by atoms with Crippen LogP contribution in [-0.4, -0.2) is 39.5 Å². The summed E-state index contributed by atoms with van der Waals surface area (Å²) in [6.07, 6.45) is 5.93. The maximum atomic E-state index is 13.2. The van der Waals surface area contributed by atoms with E-state index in [-0.39, 0.29) is 30.7 Å². The number of ether oxygens (including phenoxy) is 2. The fourth-order valence-corrected chi connectivity index (χ4v) is 4.37. The molecule has 0 amide bonds. The van der Waals surface area contributed by atoms with Crippen molar-refractivity contribution in [2.45, 2.75) is 57.8 Å². The smallest absolute Gasteiger partial charge is 0.355 e. The van der Waals surface area contributed by atoms with Crippen LogP contribution in [0.5, 0.6) is 0 Å². The van der Waals surface area contributed by atoms with Crippen molar-refractivity contribution in [2.75, 3.05) is 18.5 Å². The molecule has 0 radical (unpaired) electrons. The summed E-state index contributed by atoms with van der Waals surface area (Å²) in [5.41, 5.74) is -0.174. The first-order chi connectivity index (χ1) is 16.3. The summed E-state index contributed by atoms with van der Waals surface area (Å²) in [4.78, 5) is 30.1. The molecular formula is C24H28Cl2N4O4. The molecule has 34 heavy (non-hydrogen) atoms. The van der Waals surface area contributed by atoms with Gasteiger partial charge in [0.15, 0.2) is 0 Å². The number of allylic oxidation sites excluding steroid dienone is 1. The van der Waals surface area contributed by atoms with E-state index >= 15 is 0 Å². The van der Waals surface area contributed by atoms with Gasteiger partial charge in [0.2, 0.25) is 5.95 Å². The molecule has 1 N–H and O–H groups in total. The Labute approximate surface area is 207 Å². The van der Waals surface area contributed by atoms with Crippen LogP contribution in [0.2, 0.25) is 5.02 Å². The topological polar surface area (TPSA) is 87.4 Å². The molecular weight excluding hydrogens is 479 g/mol. The van der Waals surface area contributed by atoms with E-state index in [0.29, 0.717) is 35.4 Å². The van der Waals surface area contributed by atoms with E-state index in [4.69, 9.17) is 32.7 Å². The van der Waals surface area contributed by atoms with Crippen LogP contribution < -0.4 is 16.7 Å². The van der Waals surface area contributed by atoms with Crippen LogP contribution in [0.1, 0.15) is 44.7 Å². The average Bonchev–Trinajstić information content (AvgIpc) is 2.80. The molecule has 1 fully saturated rings. The lowest BCUT2D eigenvalue weighted by molar-refractivity contribution is -0.00138. The van der Waals surface area contributed by atoms with Gasteiger partial charge in [0, 0.05) is 30.3 Å². The van der Waals surface area contributed by atoms with Gasteiger partial charge < -0.3 is 14.8 Å². The molecule has 1 unspecified atom stereocenters. The molecule has 1 aromatic heterocycles. The normalized spacial score (nSPS) is 19.0. The Hall–Kier alpha value is -2.55. The van der Waals surface area contributed by atoms with Crippen molar-refractivity contribution >= 4 is 29.2 Å². The number of rotatable bonds is 7. The first-order valence-electron chi connectivity index (χ1n) is 11.4. The highest BCUT2D eigenvalue weighted by Gasteiger charge is 2.23. The second-order valence-electron chi connectivity index (χ2n) is 8.69. The molecule has 1 aromatic carbocycles. The molecule has 8 nitrogen and oxygen atoms in total. The molecule has 2 heterocycles. The van der Waals surface area contributed by atoms with E-state index in [1.807, 2.05) is 24.3 Å². The van der Waals surface area contributed by atoms with Gasteiger partial charge in [-0.1, -0.05) is 41.4 Å². The Balaban J connectivity index is 1.57. The summed E-state index contributed by atoms with van der Waals surface area (Å²) < 4.78 is 14.0. The highest BCUT2D eigenvalue weighted by atomic mass is 35.5. The van der Waals surface area contributed by atoms with Gasteiger partial charge in [0.1, 0.15) is 11.9 Å². The quantitative estimate of drug-likeness (QED) is 0.608. The SMILES string of the molecule is CC(C)n1c(=O)nc(NC2C=CC(OC3CCOCC3)=C(Cl)C2)n(Cc2ccc(Cl)cc2)c1=O. The fourth-order valence-electron chi connectivity index (χ4n) is 3.97. The number of hydrogen-bond acceptors (Lipinski definition) is 6. The number of nitrogens with zero attached hydrogens (tertiary/aromatic N) is 3. The number of halogens is 2. The van der Waals surface area contributed by atoms with E-state index in [1.165, 1.54) is 4.57 Å². The predicted octanol–water partition coefficient (Wildman–Crippen LogP) is 4.07. The van der Waals surface area contributed by atoms with Gasteiger partial charge in [0.05, 0.1) is 30.8 Å². The van der Waals surface area contributed by atoms with Crippen LogP contribution in [-0.2, 0) is 16.0 Å². The molecule has 0 saturated carbocycles. The van der Waals surface area contributed by atoms with E-state index < -0.39 is 11.4 Å². The maximum Gasteiger partial charge on any atom is 0.355 e. The van der Waals surface area contributed by atoms with Crippen LogP contribution >= 0.6 is 23.2 Å². The van der Waals surface area contributed by atoms with Gasteiger partial charge in [-0.3, -0.25) is 4.57 Å². The molecule has 1 aliphatic carbocycles. The first kappa shape index (κ1) is 24.6. The minimum absolute atomic E-state index is 0.0847. The average molecular weight is 507 g/mol. The van der Waals surface area contributed by atoms with Gasteiger partial charge in [0.25, 0.3) is 0 Å². The zero-order valence-electron chi connectivity index (χ0n) is 19.2. The van der Waals surface area contributed by atoms with Crippen molar-refractivity contribution in [1.29, 1.82) is 0 Å². The Bertz CT molecular complexity index is 1190. The lowest BCUT2D eigenvalue weighted by Crippen LogP contribution is -2.44. The third-order valence-corrected chi connectivity index (χ3v) is 6.39. The monoisotopic (exact) mass is 506 g/mol. The van der Waals surface area contributed by atoms with Crippen LogP contribution in [0.3, 0.4) is 0 Å². The molecule has 10 heteroatoms. The molecule has 2 aliphatic rings. The van der Waals surface area contributed by atoms with Gasteiger partial charge in [-0.05, 0) is 37.6 Å². The van der Waals surface area contributed by atoms with E-state index in [1.54, 1.807) is 26.0 Å². The summed E-state index contributed by atoms with van der Waals surface area (Å²) in [5, 5.41) is 4.40. The molecule has 2 aromatic rings. The largest absolute Gasteiger partial charge is 0.489 e. The number of aromatic nitrogens is 3. The molecule has 0 spiro atoms. The minimum Gasteiger partial charge on any atom is -0.489 e. The highest BCUT2D eigenvalue weighted by molar-refractivity contribution is 6.30. The fraction of sp³-hybridized carbons (Fsp3) is 0.458. The Morgan fingerprint density at radius 2 is 1.88 bits per heavy atom. The Morgan fingerprint density at radius 1 is 1.18 bits per heavy atom. The summed E-state index contributed by atoms with van der Waals surface area (Å²) in [5.74, 6) is 0.836. The number of anilines is 1. The summed E-state index contributed by atoms with van der Waals surface area (Å²) >= 11 is 12.5. The van der Waals surface area contributed by atoms with Gasteiger partial charge in [-0.15, -0.1) is 0 Å². The first-order valence-corrected chi connectivity index (χ1v) is 12.1. The molecule has 182 valence electrons. The van der Waals surface area contributed by atoms with Crippen molar-refractivity contribution in [3.8, 4) is 0 Å². The minimum atomic E-state index is -0.597. The van der Waals surface area contributed by atoms with Crippen molar-refractivity contribution < 1.29 is 9.47 Å². The Kier molecular flexibility index (Phi) is 7.80. The van der Waals surface area contributed by atoms with Crippen molar-refractivity contribution in [2.24, 2.45) is 0 Å². The Morgan fingerprint density at radius 3 is 2.53 bits per heavy atom. The second kappa shape index (κ2) is 10.8. The summed E-state index contributed by atoms with van der Waals surface area (Å²) in [6.45, 7) is 5.15. The number of benzene rings is 1. The lowest BCUT2D eigenvalue weighted by atomic mass is 10.1. The predicted molar refractivity (Wildman–Crippen MR) is 133 cm³/mol. The van der Waals surface area contributed by atoms with E-state index in [9.17, 15) is 9.59 Å². The van der Waals surface area contributed by atoms with Crippen LogP contribution in [0.15, 0.2) is 56.8 Å². The summed E-state index contributed by atoms with van der Waals surface area (Å²) in [6, 6.07) is 6.61. The third-order valence-electron chi connectivity index (χ3n) is 5.79. The number of nitrogens with one attached hydrogen (secondary N) is 1. The van der Waals surface area contributed by atoms with E-state index in [2.05, 4.69) is 10.3 Å². The van der Waals surface area contributed by atoms with Gasteiger partial charge in [-0.2, -0.15) is 4.98 Å². The highest BCUT2D eigenvalue weighted by Crippen LogP contribution is 2.28. The zero-order chi connectivity index (χ0) is 24.2. The van der Waals surface area contributed by atoms with Gasteiger partial charge >= 0.3 is 11.4 Å². The van der Waals surface area contributed by atoms with Crippen LogP contribution in [0.25, 0.3) is 0 Å². The summed E-state index contributed by atoms with van der Waals surface area (Å²) in [7, 11) is 0. The standard InChI is InChI=1S/C24H28Cl2N4O4/c1-15(2)30-23(31)28-22(29(24(30)32)14-16-3-5-17(25)6-4-16)27-18-7-8-21(20(26)13-18)34-19-9-11-33-12-10-19/h3-8,15,18-19H,9-14H2,1-2H3,(H,27,28,31). The molecule has 4 rings (SSSR count). The zero-order valence-corrected chi connectivity index (χ0v) is 20.7. The molecule has 1 saturated heterocycles. The van der Waals surface area contributed by atoms with Gasteiger partial charge in [-0.25, -0.2) is 14.2 Å². The van der Waals surface area contributed by atoms with E-state index in [0.717, 1.165) is 23.0 Å². The molecule has 0 bridgehead atoms. The van der Waals surface area contributed by atoms with Crippen LogP contribution in [0, 0.1) is 0 Å². The van der Waals surface area contributed by atoms with Crippen molar-refractivity contribution in [3.05, 3.63) is 78.8 Å².